The van der Waals surface area contributed by atoms with Crippen molar-refractivity contribution in [3.05, 3.63) is 29.8 Å². The third-order valence-electron chi connectivity index (χ3n) is 4.92. The van der Waals surface area contributed by atoms with Crippen molar-refractivity contribution in [3.63, 3.8) is 0 Å². The second-order valence-corrected chi connectivity index (χ2v) is 6.33. The van der Waals surface area contributed by atoms with Gasteiger partial charge in [-0.3, -0.25) is 9.69 Å². The Bertz CT molecular complexity index is 641. The number of urea groups is 1. The third kappa shape index (κ3) is 2.28. The zero-order chi connectivity index (χ0) is 15.9. The normalized spacial score (nSPS) is 30.1. The molecule has 0 radical (unpaired) electrons. The summed E-state index contributed by atoms with van der Waals surface area (Å²) in [7, 11) is 0. The molecule has 0 aliphatic carbocycles. The summed E-state index contributed by atoms with van der Waals surface area (Å²) in [5.41, 5.74) is -0.239. The van der Waals surface area contributed by atoms with Crippen LogP contribution in [-0.2, 0) is 15.1 Å². The smallest absolute Gasteiger partial charge is 0.325 e. The second kappa shape index (κ2) is 5.53. The van der Waals surface area contributed by atoms with Crippen molar-refractivity contribution >= 4 is 11.9 Å². The molecule has 0 aromatic heterocycles. The maximum Gasteiger partial charge on any atom is 0.325 e. The van der Waals surface area contributed by atoms with Crippen molar-refractivity contribution in [1.29, 1.82) is 0 Å². The molecule has 4 rings (SSSR count). The molecule has 0 saturated carbocycles. The van der Waals surface area contributed by atoms with Crippen molar-refractivity contribution in [2.75, 3.05) is 19.8 Å². The fraction of sp³-hybridized carbons (Fsp3) is 0.529. The van der Waals surface area contributed by atoms with E-state index in [4.69, 9.17) is 9.47 Å². The van der Waals surface area contributed by atoms with Gasteiger partial charge in [-0.15, -0.1) is 0 Å². The summed E-state index contributed by atoms with van der Waals surface area (Å²) < 4.78 is 11.3. The van der Waals surface area contributed by atoms with Crippen molar-refractivity contribution in [3.8, 4) is 5.75 Å². The summed E-state index contributed by atoms with van der Waals surface area (Å²) >= 11 is 0. The number of nitrogens with zero attached hydrogens (tertiary/aromatic N) is 1. The Hall–Kier alpha value is -2.08. The molecule has 0 unspecified atom stereocenters. The Kier molecular flexibility index (Phi) is 3.49. The van der Waals surface area contributed by atoms with Gasteiger partial charge in [0.2, 0.25) is 0 Å². The fourth-order valence-electron chi connectivity index (χ4n) is 3.69. The predicted octanol–water partition coefficient (Wildman–Crippen LogP) is 1.79. The first-order valence-electron chi connectivity index (χ1n) is 8.19. The Morgan fingerprint density at radius 2 is 2.09 bits per heavy atom. The lowest BCUT2D eigenvalue weighted by molar-refractivity contribution is -0.134. The highest BCUT2D eigenvalue weighted by Gasteiger charge is 2.55. The number of imide groups is 1. The van der Waals surface area contributed by atoms with Crippen LogP contribution in [0.5, 0.6) is 5.75 Å². The number of para-hydroxylation sites is 1. The van der Waals surface area contributed by atoms with Crippen molar-refractivity contribution in [1.82, 2.24) is 10.2 Å². The van der Waals surface area contributed by atoms with Crippen LogP contribution < -0.4 is 10.1 Å². The Labute approximate surface area is 134 Å². The highest BCUT2D eigenvalue weighted by Crippen LogP contribution is 2.41. The van der Waals surface area contributed by atoms with Crippen LogP contribution >= 0.6 is 0 Å². The molecule has 6 nitrogen and oxygen atoms in total. The maximum absolute atomic E-state index is 13.1. The van der Waals surface area contributed by atoms with Crippen molar-refractivity contribution < 1.29 is 19.1 Å². The standard InChI is InChI=1S/C17H20N2O4/c20-15-17(8-10-23-14-7-2-1-6-13(14)17)18-16(21)19(15)11-12-5-3-4-9-22-12/h1-2,6-7,12H,3-5,8-11H2,(H,18,21)/t12-,17+/m0/s1. The SMILES string of the molecule is O=C1N[C@@]2(CCOc3ccccc32)C(=O)N1C[C@@H]1CCCCO1. The van der Waals surface area contributed by atoms with Crippen LogP contribution in [0.15, 0.2) is 24.3 Å². The number of benzene rings is 1. The molecule has 3 aliphatic rings. The first-order chi connectivity index (χ1) is 11.2. The number of nitrogens with one attached hydrogen (secondary N) is 1. The highest BCUT2D eigenvalue weighted by molar-refractivity contribution is 6.08. The van der Waals surface area contributed by atoms with Crippen molar-refractivity contribution in [2.45, 2.75) is 37.3 Å². The molecule has 1 aromatic rings. The lowest BCUT2D eigenvalue weighted by Gasteiger charge is -2.33. The van der Waals surface area contributed by atoms with E-state index in [1.54, 1.807) is 0 Å². The monoisotopic (exact) mass is 316 g/mol. The van der Waals surface area contributed by atoms with Crippen LogP contribution in [-0.4, -0.2) is 42.7 Å². The van der Waals surface area contributed by atoms with E-state index in [0.717, 1.165) is 24.8 Å². The number of hydrogen-bond donors (Lipinski definition) is 1. The number of rotatable bonds is 2. The number of hydrogen-bond acceptors (Lipinski definition) is 4. The minimum atomic E-state index is -0.986. The molecule has 2 saturated heterocycles. The molecular formula is C17H20N2O4. The first kappa shape index (κ1) is 14.5. The molecule has 3 heterocycles. The lowest BCUT2D eigenvalue weighted by atomic mass is 9.84. The van der Waals surface area contributed by atoms with Crippen molar-refractivity contribution in [2.24, 2.45) is 0 Å². The van der Waals surface area contributed by atoms with E-state index >= 15 is 0 Å². The summed E-state index contributed by atoms with van der Waals surface area (Å²) in [5, 5.41) is 2.92. The van der Waals surface area contributed by atoms with Crippen LogP contribution in [0.25, 0.3) is 0 Å². The summed E-state index contributed by atoms with van der Waals surface area (Å²) in [6, 6.07) is 7.09. The summed E-state index contributed by atoms with van der Waals surface area (Å²) in [5.74, 6) is 0.482. The third-order valence-corrected chi connectivity index (χ3v) is 4.92. The van der Waals surface area contributed by atoms with E-state index in [2.05, 4.69) is 5.32 Å². The van der Waals surface area contributed by atoms with E-state index in [1.165, 1.54) is 4.90 Å². The molecule has 3 amide bonds. The van der Waals surface area contributed by atoms with Gasteiger partial charge in [0, 0.05) is 18.6 Å². The van der Waals surface area contributed by atoms with Crippen LogP contribution in [0.1, 0.15) is 31.2 Å². The zero-order valence-corrected chi connectivity index (χ0v) is 12.9. The minimum absolute atomic E-state index is 0.0521. The van der Waals surface area contributed by atoms with E-state index < -0.39 is 5.54 Å². The van der Waals surface area contributed by atoms with Crippen LogP contribution in [0.2, 0.25) is 0 Å². The quantitative estimate of drug-likeness (QED) is 0.845. The lowest BCUT2D eigenvalue weighted by Crippen LogP contribution is -2.48. The molecule has 23 heavy (non-hydrogen) atoms. The van der Waals surface area contributed by atoms with E-state index in [0.29, 0.717) is 31.9 Å². The molecule has 2 fully saturated rings. The minimum Gasteiger partial charge on any atom is -0.493 e. The first-order valence-corrected chi connectivity index (χ1v) is 8.19. The summed E-state index contributed by atoms with van der Waals surface area (Å²) in [4.78, 5) is 26.8. The topological polar surface area (TPSA) is 67.9 Å². The van der Waals surface area contributed by atoms with Crippen LogP contribution in [0, 0.1) is 0 Å². The molecule has 6 heteroatoms. The van der Waals surface area contributed by atoms with Gasteiger partial charge < -0.3 is 14.8 Å². The van der Waals surface area contributed by atoms with Gasteiger partial charge in [-0.05, 0) is 25.3 Å². The number of amides is 3. The molecule has 1 N–H and O–H groups in total. The summed E-state index contributed by atoms with van der Waals surface area (Å²) in [6.07, 6.45) is 3.42. The Morgan fingerprint density at radius 1 is 1.22 bits per heavy atom. The van der Waals surface area contributed by atoms with Gasteiger partial charge in [-0.2, -0.15) is 0 Å². The van der Waals surface area contributed by atoms with E-state index in [1.807, 2.05) is 24.3 Å². The molecular weight excluding hydrogens is 296 g/mol. The summed E-state index contributed by atoms with van der Waals surface area (Å²) in [6.45, 7) is 1.45. The fourth-order valence-corrected chi connectivity index (χ4v) is 3.69. The number of carbonyl (C=O) groups is 2. The maximum atomic E-state index is 13.1. The molecule has 3 aliphatic heterocycles. The number of ether oxygens (including phenoxy) is 2. The molecule has 1 aromatic carbocycles. The molecule has 1 spiro atoms. The Balaban J connectivity index is 1.62. The van der Waals surface area contributed by atoms with Gasteiger partial charge in [0.1, 0.15) is 5.75 Å². The predicted molar refractivity (Wildman–Crippen MR) is 82.1 cm³/mol. The van der Waals surface area contributed by atoms with E-state index in [-0.39, 0.29) is 18.0 Å². The largest absolute Gasteiger partial charge is 0.493 e. The van der Waals surface area contributed by atoms with Gasteiger partial charge >= 0.3 is 6.03 Å². The van der Waals surface area contributed by atoms with E-state index in [9.17, 15) is 9.59 Å². The van der Waals surface area contributed by atoms with Gasteiger partial charge in [-0.1, -0.05) is 18.2 Å². The van der Waals surface area contributed by atoms with Gasteiger partial charge in [-0.25, -0.2) is 4.79 Å². The van der Waals surface area contributed by atoms with Gasteiger partial charge in [0.25, 0.3) is 5.91 Å². The van der Waals surface area contributed by atoms with Gasteiger partial charge in [0.15, 0.2) is 5.54 Å². The highest BCUT2D eigenvalue weighted by atomic mass is 16.5. The zero-order valence-electron chi connectivity index (χ0n) is 12.9. The number of fused-ring (bicyclic) bond motifs is 2. The number of carbonyl (C=O) groups excluding carboxylic acids is 2. The average Bonchev–Trinajstić information content (AvgIpc) is 2.81. The van der Waals surface area contributed by atoms with Crippen LogP contribution in [0.4, 0.5) is 4.79 Å². The second-order valence-electron chi connectivity index (χ2n) is 6.33. The van der Waals surface area contributed by atoms with Gasteiger partial charge in [0.05, 0.1) is 19.3 Å². The van der Waals surface area contributed by atoms with Crippen LogP contribution in [0.3, 0.4) is 0 Å². The Morgan fingerprint density at radius 3 is 2.91 bits per heavy atom. The molecule has 0 bridgehead atoms. The molecule has 122 valence electrons. The average molecular weight is 316 g/mol. The molecule has 2 atom stereocenters.